The molecule has 0 saturated heterocycles. The van der Waals surface area contributed by atoms with Gasteiger partial charge < -0.3 is 4.74 Å². The van der Waals surface area contributed by atoms with Gasteiger partial charge >= 0.3 is 0 Å². The van der Waals surface area contributed by atoms with Gasteiger partial charge in [-0.05, 0) is 54.6 Å². The van der Waals surface area contributed by atoms with Gasteiger partial charge in [-0.1, -0.05) is 12.1 Å². The summed E-state index contributed by atoms with van der Waals surface area (Å²) < 4.78 is 7.92. The molecular weight excluding hydrogens is 350 g/mol. The van der Waals surface area contributed by atoms with Gasteiger partial charge in [0, 0.05) is 30.4 Å². The molecule has 2 aromatic carbocycles. The number of pyridine rings is 1. The SMILES string of the molecule is c1cncc(-c2nc(Oc3ccc(-n4cccn4)cc3)c3ccccc3n2)c1. The summed E-state index contributed by atoms with van der Waals surface area (Å²) in [6.07, 6.45) is 7.11. The van der Waals surface area contributed by atoms with E-state index in [9.17, 15) is 0 Å². The first-order chi connectivity index (χ1) is 13.9. The number of hydrogen-bond donors (Lipinski definition) is 0. The highest BCUT2D eigenvalue weighted by Crippen LogP contribution is 2.30. The molecule has 0 saturated carbocycles. The Morgan fingerprint density at radius 1 is 0.786 bits per heavy atom. The fourth-order valence-electron chi connectivity index (χ4n) is 2.95. The van der Waals surface area contributed by atoms with E-state index in [0.717, 1.165) is 22.2 Å². The molecule has 0 N–H and O–H groups in total. The topological polar surface area (TPSA) is 65.7 Å². The number of ether oxygens (including phenoxy) is 1. The van der Waals surface area contributed by atoms with Gasteiger partial charge in [-0.15, -0.1) is 0 Å². The van der Waals surface area contributed by atoms with Crippen LogP contribution in [-0.4, -0.2) is 24.7 Å². The van der Waals surface area contributed by atoms with Crippen molar-refractivity contribution in [1.29, 1.82) is 0 Å². The molecule has 0 unspecified atom stereocenters. The molecule has 3 heterocycles. The van der Waals surface area contributed by atoms with Crippen LogP contribution < -0.4 is 4.74 Å². The molecule has 0 spiro atoms. The van der Waals surface area contributed by atoms with Gasteiger partial charge in [0.1, 0.15) is 5.75 Å². The third-order valence-electron chi connectivity index (χ3n) is 4.31. The fourth-order valence-corrected chi connectivity index (χ4v) is 2.95. The van der Waals surface area contributed by atoms with E-state index in [0.29, 0.717) is 17.5 Å². The van der Waals surface area contributed by atoms with Crippen molar-refractivity contribution in [2.24, 2.45) is 0 Å². The van der Waals surface area contributed by atoms with E-state index in [-0.39, 0.29) is 0 Å². The number of benzene rings is 2. The third-order valence-corrected chi connectivity index (χ3v) is 4.31. The molecule has 6 nitrogen and oxygen atoms in total. The predicted octanol–water partition coefficient (Wildman–Crippen LogP) is 4.67. The lowest BCUT2D eigenvalue weighted by Gasteiger charge is -2.10. The van der Waals surface area contributed by atoms with Crippen molar-refractivity contribution in [2.75, 3.05) is 0 Å². The quantitative estimate of drug-likeness (QED) is 0.463. The van der Waals surface area contributed by atoms with Gasteiger partial charge in [0.2, 0.25) is 5.88 Å². The van der Waals surface area contributed by atoms with E-state index in [1.807, 2.05) is 72.9 Å². The monoisotopic (exact) mass is 365 g/mol. The molecule has 0 atom stereocenters. The Kier molecular flexibility index (Phi) is 3.99. The normalized spacial score (nSPS) is 10.9. The first-order valence-electron chi connectivity index (χ1n) is 8.82. The van der Waals surface area contributed by atoms with E-state index < -0.39 is 0 Å². The van der Waals surface area contributed by atoms with Crippen molar-refractivity contribution in [1.82, 2.24) is 24.7 Å². The minimum absolute atomic E-state index is 0.510. The maximum Gasteiger partial charge on any atom is 0.230 e. The van der Waals surface area contributed by atoms with E-state index in [4.69, 9.17) is 4.74 Å². The van der Waals surface area contributed by atoms with E-state index in [2.05, 4.69) is 20.1 Å². The van der Waals surface area contributed by atoms with E-state index in [1.54, 1.807) is 23.3 Å². The van der Waals surface area contributed by atoms with Gasteiger partial charge in [-0.25, -0.2) is 9.67 Å². The molecule has 0 aliphatic heterocycles. The predicted molar refractivity (Wildman–Crippen MR) is 106 cm³/mol. The Morgan fingerprint density at radius 3 is 2.46 bits per heavy atom. The van der Waals surface area contributed by atoms with Crippen molar-refractivity contribution in [3.63, 3.8) is 0 Å². The Morgan fingerprint density at radius 2 is 1.68 bits per heavy atom. The molecule has 0 fully saturated rings. The zero-order valence-electron chi connectivity index (χ0n) is 14.8. The molecule has 28 heavy (non-hydrogen) atoms. The first kappa shape index (κ1) is 16.1. The van der Waals surface area contributed by atoms with Crippen molar-refractivity contribution < 1.29 is 4.74 Å². The largest absolute Gasteiger partial charge is 0.438 e. The van der Waals surface area contributed by atoms with Crippen LogP contribution in [0.3, 0.4) is 0 Å². The molecule has 0 aliphatic rings. The smallest absolute Gasteiger partial charge is 0.230 e. The number of nitrogens with zero attached hydrogens (tertiary/aromatic N) is 5. The molecule has 0 amide bonds. The number of aromatic nitrogens is 5. The van der Waals surface area contributed by atoms with Crippen LogP contribution in [0.1, 0.15) is 0 Å². The minimum Gasteiger partial charge on any atom is -0.438 e. The van der Waals surface area contributed by atoms with Crippen molar-refractivity contribution in [2.45, 2.75) is 0 Å². The van der Waals surface area contributed by atoms with Crippen LogP contribution in [-0.2, 0) is 0 Å². The summed E-state index contributed by atoms with van der Waals surface area (Å²) in [7, 11) is 0. The summed E-state index contributed by atoms with van der Waals surface area (Å²) in [5.41, 5.74) is 2.62. The summed E-state index contributed by atoms with van der Waals surface area (Å²) in [5.74, 6) is 1.78. The molecule has 3 aromatic heterocycles. The molecule has 134 valence electrons. The molecule has 5 rings (SSSR count). The standard InChI is InChI=1S/C22H15N5O/c1-2-7-20-19(6-1)22(26-21(25-20)16-5-3-12-23-15-16)28-18-10-8-17(9-11-18)27-14-4-13-24-27/h1-15H. The van der Waals surface area contributed by atoms with Crippen molar-refractivity contribution in [3.8, 4) is 28.7 Å². The molecule has 6 heteroatoms. The molecule has 0 radical (unpaired) electrons. The van der Waals surface area contributed by atoms with Crippen molar-refractivity contribution in [3.05, 3.63) is 91.5 Å². The van der Waals surface area contributed by atoms with Gasteiger partial charge in [-0.2, -0.15) is 10.1 Å². The second-order valence-corrected chi connectivity index (χ2v) is 6.16. The average molecular weight is 365 g/mol. The Bertz CT molecular complexity index is 1220. The number of rotatable bonds is 4. The lowest BCUT2D eigenvalue weighted by atomic mass is 10.2. The lowest BCUT2D eigenvalue weighted by molar-refractivity contribution is 0.469. The van der Waals surface area contributed by atoms with E-state index >= 15 is 0 Å². The zero-order valence-corrected chi connectivity index (χ0v) is 14.8. The average Bonchev–Trinajstić information content (AvgIpc) is 3.30. The molecular formula is C22H15N5O. The highest BCUT2D eigenvalue weighted by Gasteiger charge is 2.11. The highest BCUT2D eigenvalue weighted by molar-refractivity contribution is 5.85. The summed E-state index contributed by atoms with van der Waals surface area (Å²) in [6, 6.07) is 21.2. The lowest BCUT2D eigenvalue weighted by Crippen LogP contribution is -1.97. The first-order valence-corrected chi connectivity index (χ1v) is 8.82. The minimum atomic E-state index is 0.510. The van der Waals surface area contributed by atoms with Crippen LogP contribution in [0.15, 0.2) is 91.5 Å². The third kappa shape index (κ3) is 3.07. The maximum absolute atomic E-state index is 6.12. The molecule has 0 aliphatic carbocycles. The zero-order chi connectivity index (χ0) is 18.8. The number of fused-ring (bicyclic) bond motifs is 1. The van der Waals surface area contributed by atoms with Crippen LogP contribution in [0.2, 0.25) is 0 Å². The second-order valence-electron chi connectivity index (χ2n) is 6.16. The van der Waals surface area contributed by atoms with Gasteiger partial charge in [0.05, 0.1) is 16.6 Å². The van der Waals surface area contributed by atoms with Gasteiger partial charge in [0.15, 0.2) is 5.82 Å². The summed E-state index contributed by atoms with van der Waals surface area (Å²) in [4.78, 5) is 13.5. The Balaban J connectivity index is 1.54. The fraction of sp³-hybridized carbons (Fsp3) is 0. The summed E-state index contributed by atoms with van der Waals surface area (Å²) in [5, 5.41) is 5.09. The number of hydrogen-bond acceptors (Lipinski definition) is 5. The van der Waals surface area contributed by atoms with Crippen LogP contribution in [0, 0.1) is 0 Å². The Labute approximate surface area is 161 Å². The van der Waals surface area contributed by atoms with E-state index in [1.165, 1.54) is 0 Å². The molecule has 0 bridgehead atoms. The highest BCUT2D eigenvalue weighted by atomic mass is 16.5. The summed E-state index contributed by atoms with van der Waals surface area (Å²) in [6.45, 7) is 0. The number of para-hydroxylation sites is 1. The van der Waals surface area contributed by atoms with Crippen LogP contribution in [0.5, 0.6) is 11.6 Å². The van der Waals surface area contributed by atoms with Crippen molar-refractivity contribution >= 4 is 10.9 Å². The van der Waals surface area contributed by atoms with Crippen LogP contribution in [0.4, 0.5) is 0 Å². The maximum atomic E-state index is 6.12. The van der Waals surface area contributed by atoms with Crippen LogP contribution in [0.25, 0.3) is 28.0 Å². The van der Waals surface area contributed by atoms with Crippen LogP contribution >= 0.6 is 0 Å². The Hall–Kier alpha value is -4.06. The molecule has 5 aromatic rings. The van der Waals surface area contributed by atoms with Gasteiger partial charge in [-0.3, -0.25) is 4.98 Å². The van der Waals surface area contributed by atoms with Gasteiger partial charge in [0.25, 0.3) is 0 Å². The summed E-state index contributed by atoms with van der Waals surface area (Å²) >= 11 is 0. The second kappa shape index (κ2) is 6.92.